The summed E-state index contributed by atoms with van der Waals surface area (Å²) in [5.74, 6) is -1.57. The van der Waals surface area contributed by atoms with Crippen LogP contribution in [0.1, 0.15) is 63.7 Å². The second-order valence-electron chi connectivity index (χ2n) is 10.2. The number of ketones is 4. The third-order valence-corrected chi connectivity index (χ3v) is 7.10. The SMILES string of the molecule is O=C(c1ccc(F)cc1)c1ccc(C(=O)c2ccc(C(=O)c3ccc(F)cc3)cc2)cc1.O=C(c1ccccc1)c1ccccc1. The normalized spacial score (nSPS) is 10.3. The highest BCUT2D eigenvalue weighted by molar-refractivity contribution is 6.13. The van der Waals surface area contributed by atoms with Gasteiger partial charge in [0, 0.05) is 44.5 Å². The highest BCUT2D eigenvalue weighted by Gasteiger charge is 2.15. The fraction of sp³-hybridized carbons (Fsp3) is 0. The molecule has 0 fully saturated rings. The number of carbonyl (C=O) groups excluding carboxylic acids is 4. The smallest absolute Gasteiger partial charge is 0.193 e. The second kappa shape index (κ2) is 14.6. The lowest BCUT2D eigenvalue weighted by atomic mass is 9.97. The molecular weight excluding hydrogens is 582 g/mol. The van der Waals surface area contributed by atoms with Crippen LogP contribution in [0.25, 0.3) is 0 Å². The van der Waals surface area contributed by atoms with E-state index in [-0.39, 0.29) is 23.1 Å². The maximum atomic E-state index is 13.0. The first-order valence-corrected chi connectivity index (χ1v) is 14.3. The van der Waals surface area contributed by atoms with Crippen LogP contribution >= 0.6 is 0 Å². The molecule has 0 saturated carbocycles. The average Bonchev–Trinajstić information content (AvgIpc) is 3.12. The summed E-state index contributed by atoms with van der Waals surface area (Å²) in [5, 5.41) is 0. The van der Waals surface area contributed by atoms with E-state index in [1.54, 1.807) is 48.5 Å². The molecule has 0 unspecified atom stereocenters. The fourth-order valence-corrected chi connectivity index (χ4v) is 4.59. The van der Waals surface area contributed by atoms with Gasteiger partial charge in [-0.1, -0.05) is 109 Å². The third kappa shape index (κ3) is 7.68. The first-order chi connectivity index (χ1) is 22.3. The Morgan fingerprint density at radius 1 is 0.261 bits per heavy atom. The molecule has 0 N–H and O–H groups in total. The van der Waals surface area contributed by atoms with E-state index in [0.717, 1.165) is 11.1 Å². The van der Waals surface area contributed by atoms with Crippen molar-refractivity contribution in [1.29, 1.82) is 0 Å². The molecule has 6 aromatic rings. The summed E-state index contributed by atoms with van der Waals surface area (Å²) in [6.45, 7) is 0. The number of hydrogen-bond acceptors (Lipinski definition) is 4. The minimum atomic E-state index is -0.423. The van der Waals surface area contributed by atoms with Crippen LogP contribution in [-0.4, -0.2) is 23.1 Å². The van der Waals surface area contributed by atoms with E-state index in [0.29, 0.717) is 33.4 Å². The van der Waals surface area contributed by atoms with Gasteiger partial charge in [0.1, 0.15) is 11.6 Å². The van der Waals surface area contributed by atoms with E-state index < -0.39 is 11.6 Å². The van der Waals surface area contributed by atoms with Gasteiger partial charge in [0.25, 0.3) is 0 Å². The highest BCUT2D eigenvalue weighted by Crippen LogP contribution is 2.17. The lowest BCUT2D eigenvalue weighted by Gasteiger charge is -2.06. The Hall–Kier alpha value is -6.14. The van der Waals surface area contributed by atoms with E-state index >= 15 is 0 Å². The number of rotatable bonds is 8. The minimum absolute atomic E-state index is 0.0752. The molecule has 6 heteroatoms. The van der Waals surface area contributed by atoms with Crippen molar-refractivity contribution in [2.75, 3.05) is 0 Å². The summed E-state index contributed by atoms with van der Waals surface area (Å²) in [4.78, 5) is 49.6. The van der Waals surface area contributed by atoms with Crippen LogP contribution in [0.3, 0.4) is 0 Å². The first kappa shape index (κ1) is 31.3. The van der Waals surface area contributed by atoms with Crippen LogP contribution in [0.4, 0.5) is 8.78 Å². The molecule has 0 aliphatic rings. The molecule has 6 aromatic carbocycles. The van der Waals surface area contributed by atoms with E-state index in [1.807, 2.05) is 60.7 Å². The molecule has 0 bridgehead atoms. The van der Waals surface area contributed by atoms with Gasteiger partial charge in [0.05, 0.1) is 0 Å². The predicted octanol–water partition coefficient (Wildman–Crippen LogP) is 8.58. The molecule has 0 saturated heterocycles. The van der Waals surface area contributed by atoms with Gasteiger partial charge in [0.2, 0.25) is 0 Å². The standard InChI is InChI=1S/C27H16F2O3.C13H10O/c28-23-13-9-21(10-14-23)26(31)19-5-1-17(2-6-19)25(30)18-3-7-20(8-4-18)27(32)22-11-15-24(29)16-12-22;14-13(11-7-3-1-4-8-11)12-9-5-2-6-10-12/h1-16H;1-10H. The van der Waals surface area contributed by atoms with Crippen molar-refractivity contribution in [2.24, 2.45) is 0 Å². The van der Waals surface area contributed by atoms with Gasteiger partial charge in [-0.15, -0.1) is 0 Å². The van der Waals surface area contributed by atoms with Gasteiger partial charge in [0.15, 0.2) is 23.1 Å². The Balaban J connectivity index is 0.000000247. The number of benzene rings is 6. The van der Waals surface area contributed by atoms with Crippen LogP contribution in [0.2, 0.25) is 0 Å². The second-order valence-corrected chi connectivity index (χ2v) is 10.2. The largest absolute Gasteiger partial charge is 0.289 e. The van der Waals surface area contributed by atoms with Gasteiger partial charge < -0.3 is 0 Å². The summed E-state index contributed by atoms with van der Waals surface area (Å²) in [5.41, 5.74) is 3.72. The lowest BCUT2D eigenvalue weighted by Crippen LogP contribution is -2.06. The van der Waals surface area contributed by atoms with Crippen LogP contribution in [-0.2, 0) is 0 Å². The zero-order valence-electron chi connectivity index (χ0n) is 24.4. The summed E-state index contributed by atoms with van der Waals surface area (Å²) in [6.07, 6.45) is 0. The Morgan fingerprint density at radius 3 is 0.652 bits per heavy atom. The summed E-state index contributed by atoms with van der Waals surface area (Å²) in [7, 11) is 0. The van der Waals surface area contributed by atoms with Crippen LogP contribution in [0, 0.1) is 11.6 Å². The van der Waals surface area contributed by atoms with E-state index in [9.17, 15) is 28.0 Å². The highest BCUT2D eigenvalue weighted by atomic mass is 19.1. The average molecular weight is 609 g/mol. The zero-order chi connectivity index (χ0) is 32.5. The fourth-order valence-electron chi connectivity index (χ4n) is 4.59. The van der Waals surface area contributed by atoms with Crippen LogP contribution in [0.15, 0.2) is 158 Å². The van der Waals surface area contributed by atoms with Gasteiger partial charge in [-0.3, -0.25) is 19.2 Å². The van der Waals surface area contributed by atoms with Gasteiger partial charge >= 0.3 is 0 Å². The van der Waals surface area contributed by atoms with Crippen LogP contribution < -0.4 is 0 Å². The molecule has 0 heterocycles. The molecule has 46 heavy (non-hydrogen) atoms. The first-order valence-electron chi connectivity index (χ1n) is 14.3. The lowest BCUT2D eigenvalue weighted by molar-refractivity contribution is 0.102. The molecule has 0 amide bonds. The van der Waals surface area contributed by atoms with Crippen molar-refractivity contribution in [1.82, 2.24) is 0 Å². The molecule has 0 radical (unpaired) electrons. The van der Waals surface area contributed by atoms with Crippen LogP contribution in [0.5, 0.6) is 0 Å². The third-order valence-electron chi connectivity index (χ3n) is 7.10. The van der Waals surface area contributed by atoms with Crippen molar-refractivity contribution in [2.45, 2.75) is 0 Å². The van der Waals surface area contributed by atoms with E-state index in [4.69, 9.17) is 0 Å². The maximum absolute atomic E-state index is 13.0. The Bertz CT molecular complexity index is 1820. The number of hydrogen-bond donors (Lipinski definition) is 0. The molecule has 0 atom stereocenters. The molecule has 0 spiro atoms. The van der Waals surface area contributed by atoms with Crippen molar-refractivity contribution < 1.29 is 28.0 Å². The van der Waals surface area contributed by atoms with Gasteiger partial charge in [-0.25, -0.2) is 8.78 Å². The van der Waals surface area contributed by atoms with Crippen molar-refractivity contribution >= 4 is 23.1 Å². The minimum Gasteiger partial charge on any atom is -0.289 e. The molecule has 0 aliphatic carbocycles. The number of halogens is 2. The maximum Gasteiger partial charge on any atom is 0.193 e. The summed E-state index contributed by atoms with van der Waals surface area (Å²) >= 11 is 0. The van der Waals surface area contributed by atoms with Gasteiger partial charge in [-0.2, -0.15) is 0 Å². The van der Waals surface area contributed by atoms with Crippen molar-refractivity contribution in [3.8, 4) is 0 Å². The molecule has 4 nitrogen and oxygen atoms in total. The predicted molar refractivity (Wildman–Crippen MR) is 172 cm³/mol. The molecular formula is C40H26F2O4. The molecule has 0 aromatic heterocycles. The molecule has 224 valence electrons. The summed E-state index contributed by atoms with van der Waals surface area (Å²) in [6, 6.07) is 41.5. The van der Waals surface area contributed by atoms with Crippen molar-refractivity contribution in [3.63, 3.8) is 0 Å². The van der Waals surface area contributed by atoms with Crippen molar-refractivity contribution in [3.05, 3.63) is 214 Å². The molecule has 0 aliphatic heterocycles. The summed E-state index contributed by atoms with van der Waals surface area (Å²) < 4.78 is 26.1. The quantitative estimate of drug-likeness (QED) is 0.162. The number of carbonyl (C=O) groups is 4. The topological polar surface area (TPSA) is 68.3 Å². The Labute approximate surface area is 264 Å². The molecule has 6 rings (SSSR count). The van der Waals surface area contributed by atoms with Gasteiger partial charge in [-0.05, 0) is 48.5 Å². The van der Waals surface area contributed by atoms with E-state index in [1.165, 1.54) is 48.5 Å². The Morgan fingerprint density at radius 2 is 0.435 bits per heavy atom. The zero-order valence-corrected chi connectivity index (χ0v) is 24.4. The van der Waals surface area contributed by atoms with E-state index in [2.05, 4.69) is 0 Å². The monoisotopic (exact) mass is 608 g/mol. The Kier molecular flexibility index (Phi) is 9.90.